The molecule has 4 rings (SSSR count). The average Bonchev–Trinajstić information content (AvgIpc) is 2.87. The molecule has 0 amide bonds. The molecule has 2 aromatic carbocycles. The second-order valence-corrected chi connectivity index (χ2v) is 4.89. The van der Waals surface area contributed by atoms with E-state index in [1.165, 1.54) is 10.9 Å². The first kappa shape index (κ1) is 11.2. The summed E-state index contributed by atoms with van der Waals surface area (Å²) in [5.41, 5.74) is 5.18. The number of fused-ring (bicyclic) bond motifs is 3. The Morgan fingerprint density at radius 3 is 2.60 bits per heavy atom. The molecule has 0 N–H and O–H groups in total. The van der Waals surface area contributed by atoms with Gasteiger partial charge in [0.15, 0.2) is 0 Å². The van der Waals surface area contributed by atoms with E-state index in [0.717, 1.165) is 27.7 Å². The zero-order valence-electron chi connectivity index (χ0n) is 11.0. The molecule has 0 fully saturated rings. The monoisotopic (exact) mass is 260 g/mol. The van der Waals surface area contributed by atoms with Crippen molar-refractivity contribution in [3.63, 3.8) is 0 Å². The van der Waals surface area contributed by atoms with Crippen LogP contribution in [0.5, 0.6) is 0 Å². The van der Waals surface area contributed by atoms with Crippen molar-refractivity contribution in [3.05, 3.63) is 60.7 Å². The Hall–Kier alpha value is -2.68. The first-order chi connectivity index (χ1) is 9.83. The van der Waals surface area contributed by atoms with Gasteiger partial charge in [-0.2, -0.15) is 0 Å². The zero-order chi connectivity index (χ0) is 13.5. The fourth-order valence-electron chi connectivity index (χ4n) is 2.63. The highest BCUT2D eigenvalue weighted by atomic mass is 16.3. The topological polar surface area (TPSA) is 38.9 Å². The van der Waals surface area contributed by atoms with Crippen LogP contribution in [0.2, 0.25) is 0 Å². The van der Waals surface area contributed by atoms with Crippen molar-refractivity contribution in [2.45, 2.75) is 6.92 Å². The second-order valence-electron chi connectivity index (χ2n) is 4.89. The fraction of sp³-hybridized carbons (Fsp3) is 0.0588. The Labute approximate surface area is 115 Å². The highest BCUT2D eigenvalue weighted by Gasteiger charge is 2.10. The molecule has 0 aliphatic heterocycles. The number of hydrogen-bond acceptors (Lipinski definition) is 3. The fourth-order valence-corrected chi connectivity index (χ4v) is 2.63. The molecular formula is C17H12N2O. The van der Waals surface area contributed by atoms with Gasteiger partial charge in [-0.3, -0.25) is 0 Å². The second kappa shape index (κ2) is 4.17. The van der Waals surface area contributed by atoms with Crippen LogP contribution in [0.4, 0.5) is 0 Å². The summed E-state index contributed by atoms with van der Waals surface area (Å²) in [7, 11) is 0. The molecule has 0 unspecified atom stereocenters. The van der Waals surface area contributed by atoms with E-state index in [-0.39, 0.29) is 0 Å². The van der Waals surface area contributed by atoms with E-state index in [0.29, 0.717) is 0 Å². The summed E-state index contributed by atoms with van der Waals surface area (Å²) >= 11 is 0. The summed E-state index contributed by atoms with van der Waals surface area (Å²) in [5.74, 6) is 0. The molecule has 3 nitrogen and oxygen atoms in total. The third-order valence-corrected chi connectivity index (χ3v) is 3.60. The molecular weight excluding hydrogens is 248 g/mol. The molecule has 0 bridgehead atoms. The van der Waals surface area contributed by atoms with Gasteiger partial charge in [-0.05, 0) is 36.2 Å². The van der Waals surface area contributed by atoms with Crippen molar-refractivity contribution in [2.24, 2.45) is 0 Å². The first-order valence-corrected chi connectivity index (χ1v) is 6.50. The van der Waals surface area contributed by atoms with Crippen molar-refractivity contribution in [1.82, 2.24) is 9.97 Å². The van der Waals surface area contributed by atoms with Gasteiger partial charge in [-0.25, -0.2) is 9.97 Å². The molecule has 0 saturated heterocycles. The Balaban J connectivity index is 2.06. The number of rotatable bonds is 1. The van der Waals surface area contributed by atoms with Crippen molar-refractivity contribution in [2.75, 3.05) is 0 Å². The number of hydrogen-bond donors (Lipinski definition) is 0. The van der Waals surface area contributed by atoms with Crippen LogP contribution in [0.1, 0.15) is 5.56 Å². The van der Waals surface area contributed by atoms with Crippen LogP contribution in [0, 0.1) is 6.92 Å². The minimum atomic E-state index is 0.912. The van der Waals surface area contributed by atoms with Gasteiger partial charge in [-0.1, -0.05) is 18.2 Å². The molecule has 4 aromatic rings. The highest BCUT2D eigenvalue weighted by Crippen LogP contribution is 2.33. The summed E-state index contributed by atoms with van der Waals surface area (Å²) in [6.07, 6.45) is 5.19. The zero-order valence-corrected chi connectivity index (χ0v) is 11.0. The van der Waals surface area contributed by atoms with E-state index in [1.54, 1.807) is 6.33 Å². The molecule has 0 aliphatic rings. The van der Waals surface area contributed by atoms with E-state index >= 15 is 0 Å². The molecule has 0 saturated carbocycles. The van der Waals surface area contributed by atoms with Gasteiger partial charge in [-0.15, -0.1) is 0 Å². The number of furan rings is 1. The highest BCUT2D eigenvalue weighted by molar-refractivity contribution is 6.07. The summed E-state index contributed by atoms with van der Waals surface area (Å²) in [4.78, 5) is 8.15. The van der Waals surface area contributed by atoms with Crippen molar-refractivity contribution >= 4 is 21.9 Å². The predicted molar refractivity (Wildman–Crippen MR) is 79.5 cm³/mol. The van der Waals surface area contributed by atoms with E-state index in [9.17, 15) is 0 Å². The maximum Gasteiger partial charge on any atom is 0.135 e. The van der Waals surface area contributed by atoms with Gasteiger partial charge >= 0.3 is 0 Å². The molecule has 20 heavy (non-hydrogen) atoms. The van der Waals surface area contributed by atoms with Crippen molar-refractivity contribution in [1.29, 1.82) is 0 Å². The molecule has 96 valence electrons. The van der Waals surface area contributed by atoms with Gasteiger partial charge < -0.3 is 4.42 Å². The van der Waals surface area contributed by atoms with E-state index < -0.39 is 0 Å². The quantitative estimate of drug-likeness (QED) is 0.510. The third kappa shape index (κ3) is 1.60. The summed E-state index contributed by atoms with van der Waals surface area (Å²) in [5, 5.41) is 2.32. The lowest BCUT2D eigenvalue weighted by Gasteiger charge is -2.00. The molecule has 2 aromatic heterocycles. The lowest BCUT2D eigenvalue weighted by atomic mass is 10.0. The maximum absolute atomic E-state index is 5.89. The maximum atomic E-state index is 5.89. The number of aryl methyl sites for hydroxylation is 1. The normalized spacial score (nSPS) is 11.2. The Morgan fingerprint density at radius 1 is 0.900 bits per heavy atom. The average molecular weight is 260 g/mol. The van der Waals surface area contributed by atoms with Gasteiger partial charge in [0, 0.05) is 28.7 Å². The SMILES string of the molecule is Cc1cccc2oc3ccc(-c4cncnc4)cc3c12. The Kier molecular flexibility index (Phi) is 2.33. The van der Waals surface area contributed by atoms with Crippen LogP contribution in [0.25, 0.3) is 33.1 Å². The van der Waals surface area contributed by atoms with Gasteiger partial charge in [0.2, 0.25) is 0 Å². The molecule has 3 heteroatoms. The van der Waals surface area contributed by atoms with Gasteiger partial charge in [0.05, 0.1) is 0 Å². The van der Waals surface area contributed by atoms with Crippen molar-refractivity contribution in [3.8, 4) is 11.1 Å². The van der Waals surface area contributed by atoms with Crippen LogP contribution in [0.3, 0.4) is 0 Å². The molecule has 2 heterocycles. The van der Waals surface area contributed by atoms with Gasteiger partial charge in [0.25, 0.3) is 0 Å². The molecule has 0 radical (unpaired) electrons. The third-order valence-electron chi connectivity index (χ3n) is 3.60. The van der Waals surface area contributed by atoms with E-state index in [4.69, 9.17) is 4.42 Å². The Morgan fingerprint density at radius 2 is 1.75 bits per heavy atom. The predicted octanol–water partition coefficient (Wildman–Crippen LogP) is 4.35. The van der Waals surface area contributed by atoms with Crippen LogP contribution < -0.4 is 0 Å². The molecule has 0 aliphatic carbocycles. The number of nitrogens with zero attached hydrogens (tertiary/aromatic N) is 2. The standard InChI is InChI=1S/C17H12N2O/c1-11-3-2-4-16-17(11)14-7-12(5-6-15(14)20-16)13-8-18-10-19-9-13/h2-10H,1H3. The lowest BCUT2D eigenvalue weighted by molar-refractivity contribution is 0.669. The number of benzene rings is 2. The largest absolute Gasteiger partial charge is 0.456 e. The summed E-state index contributed by atoms with van der Waals surface area (Å²) in [6.45, 7) is 2.11. The smallest absolute Gasteiger partial charge is 0.135 e. The van der Waals surface area contributed by atoms with E-state index in [1.807, 2.05) is 36.7 Å². The van der Waals surface area contributed by atoms with E-state index in [2.05, 4.69) is 29.0 Å². The van der Waals surface area contributed by atoms with Crippen LogP contribution in [0.15, 0.2) is 59.5 Å². The van der Waals surface area contributed by atoms with Gasteiger partial charge in [0.1, 0.15) is 17.5 Å². The molecule has 0 atom stereocenters. The number of aromatic nitrogens is 2. The first-order valence-electron chi connectivity index (χ1n) is 6.50. The Bertz CT molecular complexity index is 910. The lowest BCUT2D eigenvalue weighted by Crippen LogP contribution is -1.82. The molecule has 0 spiro atoms. The van der Waals surface area contributed by atoms with Crippen LogP contribution in [-0.4, -0.2) is 9.97 Å². The minimum absolute atomic E-state index is 0.912. The summed E-state index contributed by atoms with van der Waals surface area (Å²) < 4.78 is 5.89. The summed E-state index contributed by atoms with van der Waals surface area (Å²) in [6, 6.07) is 12.3. The minimum Gasteiger partial charge on any atom is -0.456 e. The van der Waals surface area contributed by atoms with Crippen LogP contribution >= 0.6 is 0 Å². The van der Waals surface area contributed by atoms with Crippen LogP contribution in [-0.2, 0) is 0 Å². The van der Waals surface area contributed by atoms with Crippen molar-refractivity contribution < 1.29 is 4.42 Å².